The van der Waals surface area contributed by atoms with Gasteiger partial charge >= 0.3 is 5.97 Å². The van der Waals surface area contributed by atoms with Crippen LogP contribution in [0.5, 0.6) is 0 Å². The first-order valence-corrected chi connectivity index (χ1v) is 7.08. The highest BCUT2D eigenvalue weighted by atomic mass is 35.5. The van der Waals surface area contributed by atoms with Crippen molar-refractivity contribution in [2.24, 2.45) is 7.05 Å². The minimum atomic E-state index is -0.364. The molecule has 1 aromatic carbocycles. The maximum Gasteiger partial charge on any atom is 0.341 e. The van der Waals surface area contributed by atoms with Gasteiger partial charge in [0.1, 0.15) is 5.56 Å². The third-order valence-electron chi connectivity index (χ3n) is 3.13. The molecule has 0 unspecified atom stereocenters. The lowest BCUT2D eigenvalue weighted by molar-refractivity contribution is 0.0525. The van der Waals surface area contributed by atoms with Crippen LogP contribution in [0.1, 0.15) is 28.5 Å². The fraction of sp³-hybridized carbons (Fsp3) is 0.333. The normalized spacial score (nSPS) is 10.5. The minimum absolute atomic E-state index is 0.338. The van der Waals surface area contributed by atoms with Gasteiger partial charge in [-0.25, -0.2) is 4.79 Å². The number of carbonyl (C=O) groups is 1. The van der Waals surface area contributed by atoms with Gasteiger partial charge < -0.3 is 10.1 Å². The molecule has 21 heavy (non-hydrogen) atoms. The highest BCUT2D eigenvalue weighted by Gasteiger charge is 2.17. The van der Waals surface area contributed by atoms with E-state index in [1.807, 2.05) is 25.1 Å². The van der Waals surface area contributed by atoms with E-state index in [1.165, 1.54) is 6.20 Å². The van der Waals surface area contributed by atoms with E-state index in [0.29, 0.717) is 23.7 Å². The minimum Gasteiger partial charge on any atom is -0.462 e. The van der Waals surface area contributed by atoms with Crippen LogP contribution in [0.2, 0.25) is 5.02 Å². The lowest BCUT2D eigenvalue weighted by atomic mass is 10.2. The summed E-state index contributed by atoms with van der Waals surface area (Å²) in [4.78, 5) is 11.9. The van der Waals surface area contributed by atoms with Crippen molar-refractivity contribution < 1.29 is 9.53 Å². The fourth-order valence-electron chi connectivity index (χ4n) is 1.99. The third kappa shape index (κ3) is 3.55. The Morgan fingerprint density at radius 1 is 1.48 bits per heavy atom. The van der Waals surface area contributed by atoms with Gasteiger partial charge in [-0.05, 0) is 31.5 Å². The topological polar surface area (TPSA) is 56.1 Å². The van der Waals surface area contributed by atoms with Crippen LogP contribution in [-0.2, 0) is 18.3 Å². The number of hydrogen-bond acceptors (Lipinski definition) is 4. The first-order valence-electron chi connectivity index (χ1n) is 6.71. The second-order valence-electron chi connectivity index (χ2n) is 4.69. The summed E-state index contributed by atoms with van der Waals surface area (Å²) in [6.45, 7) is 4.53. The molecule has 2 rings (SSSR count). The van der Waals surface area contributed by atoms with E-state index >= 15 is 0 Å². The average Bonchev–Trinajstić information content (AvgIpc) is 2.79. The van der Waals surface area contributed by atoms with Crippen molar-refractivity contribution in [3.05, 3.63) is 46.2 Å². The molecular formula is C15H18ClN3O2. The fourth-order valence-corrected chi connectivity index (χ4v) is 2.30. The van der Waals surface area contributed by atoms with Crippen LogP contribution in [0, 0.1) is 6.92 Å². The Morgan fingerprint density at radius 2 is 2.24 bits per heavy atom. The molecule has 0 saturated carbocycles. The average molecular weight is 308 g/mol. The van der Waals surface area contributed by atoms with Gasteiger partial charge in [0.15, 0.2) is 0 Å². The van der Waals surface area contributed by atoms with E-state index in [4.69, 9.17) is 16.3 Å². The standard InChI is InChI=1S/C15H18ClN3O2/c1-4-21-15(20)11-8-18-19(3)14(11)9-17-13-6-5-10(2)7-12(13)16/h5-8,17H,4,9H2,1-3H3. The second kappa shape index (κ2) is 6.63. The van der Waals surface area contributed by atoms with Crippen LogP contribution in [0.25, 0.3) is 0 Å². The van der Waals surface area contributed by atoms with Gasteiger partial charge in [0, 0.05) is 7.05 Å². The highest BCUT2D eigenvalue weighted by Crippen LogP contribution is 2.23. The van der Waals surface area contributed by atoms with Crippen molar-refractivity contribution in [1.82, 2.24) is 9.78 Å². The first-order chi connectivity index (χ1) is 10.0. The summed E-state index contributed by atoms with van der Waals surface area (Å²) in [5.74, 6) is -0.364. The molecule has 0 radical (unpaired) electrons. The molecular weight excluding hydrogens is 290 g/mol. The number of halogens is 1. The van der Waals surface area contributed by atoms with Crippen LogP contribution >= 0.6 is 11.6 Å². The molecule has 1 aromatic heterocycles. The molecule has 0 atom stereocenters. The van der Waals surface area contributed by atoms with Gasteiger partial charge in [-0.3, -0.25) is 4.68 Å². The van der Waals surface area contributed by atoms with Gasteiger partial charge in [-0.15, -0.1) is 0 Å². The number of carbonyl (C=O) groups excluding carboxylic acids is 1. The van der Waals surface area contributed by atoms with Gasteiger partial charge in [0.25, 0.3) is 0 Å². The highest BCUT2D eigenvalue weighted by molar-refractivity contribution is 6.33. The summed E-state index contributed by atoms with van der Waals surface area (Å²) < 4.78 is 6.68. The van der Waals surface area contributed by atoms with E-state index in [1.54, 1.807) is 18.7 Å². The summed E-state index contributed by atoms with van der Waals surface area (Å²) >= 11 is 6.18. The number of benzene rings is 1. The molecule has 112 valence electrons. The van der Waals surface area contributed by atoms with Crippen molar-refractivity contribution >= 4 is 23.3 Å². The maximum absolute atomic E-state index is 11.9. The summed E-state index contributed by atoms with van der Waals surface area (Å²) in [6, 6.07) is 5.78. The Labute approximate surface area is 128 Å². The Balaban J connectivity index is 2.16. The van der Waals surface area contributed by atoms with Crippen LogP contribution in [-0.4, -0.2) is 22.4 Å². The number of rotatable bonds is 5. The molecule has 0 saturated heterocycles. The van der Waals surface area contributed by atoms with E-state index in [-0.39, 0.29) is 5.97 Å². The molecule has 2 aromatic rings. The number of aromatic nitrogens is 2. The van der Waals surface area contributed by atoms with Crippen molar-refractivity contribution in [3.8, 4) is 0 Å². The van der Waals surface area contributed by atoms with Crippen molar-refractivity contribution in [2.45, 2.75) is 20.4 Å². The van der Waals surface area contributed by atoms with Gasteiger partial charge in [0.2, 0.25) is 0 Å². The number of nitrogens with zero attached hydrogens (tertiary/aromatic N) is 2. The number of hydrogen-bond donors (Lipinski definition) is 1. The number of aryl methyl sites for hydroxylation is 2. The Kier molecular flexibility index (Phi) is 4.85. The number of nitrogens with one attached hydrogen (secondary N) is 1. The number of anilines is 1. The molecule has 1 N–H and O–H groups in total. The molecule has 0 aliphatic rings. The SMILES string of the molecule is CCOC(=O)c1cnn(C)c1CNc1ccc(C)cc1Cl. The number of esters is 1. The van der Waals surface area contributed by atoms with Crippen LogP contribution in [0.4, 0.5) is 5.69 Å². The molecule has 5 nitrogen and oxygen atoms in total. The molecule has 6 heteroatoms. The van der Waals surface area contributed by atoms with Gasteiger partial charge in [-0.2, -0.15) is 5.10 Å². The summed E-state index contributed by atoms with van der Waals surface area (Å²) in [5.41, 5.74) is 3.14. The first kappa shape index (κ1) is 15.4. The maximum atomic E-state index is 11.9. The Bertz CT molecular complexity index is 652. The van der Waals surface area contributed by atoms with E-state index in [0.717, 1.165) is 16.9 Å². The second-order valence-corrected chi connectivity index (χ2v) is 5.09. The summed E-state index contributed by atoms with van der Waals surface area (Å²) in [7, 11) is 1.79. The lowest BCUT2D eigenvalue weighted by Crippen LogP contribution is -2.12. The molecule has 0 spiro atoms. The predicted octanol–water partition coefficient (Wildman–Crippen LogP) is 3.17. The molecule has 0 aliphatic carbocycles. The van der Waals surface area contributed by atoms with Gasteiger partial charge in [-0.1, -0.05) is 17.7 Å². The zero-order chi connectivity index (χ0) is 15.4. The van der Waals surface area contributed by atoms with E-state index in [2.05, 4.69) is 10.4 Å². The van der Waals surface area contributed by atoms with Crippen molar-refractivity contribution in [3.63, 3.8) is 0 Å². The van der Waals surface area contributed by atoms with Crippen molar-refractivity contribution in [2.75, 3.05) is 11.9 Å². The largest absolute Gasteiger partial charge is 0.462 e. The van der Waals surface area contributed by atoms with Crippen LogP contribution in [0.3, 0.4) is 0 Å². The van der Waals surface area contributed by atoms with Gasteiger partial charge in [0.05, 0.1) is 35.8 Å². The summed E-state index contributed by atoms with van der Waals surface area (Å²) in [5, 5.41) is 7.98. The molecule has 0 aliphatic heterocycles. The third-order valence-corrected chi connectivity index (χ3v) is 3.44. The van der Waals surface area contributed by atoms with E-state index in [9.17, 15) is 4.79 Å². The molecule has 1 heterocycles. The molecule has 0 amide bonds. The Morgan fingerprint density at radius 3 is 2.90 bits per heavy atom. The molecule has 0 bridgehead atoms. The Hall–Kier alpha value is -2.01. The van der Waals surface area contributed by atoms with Crippen LogP contribution in [0.15, 0.2) is 24.4 Å². The smallest absolute Gasteiger partial charge is 0.341 e. The quantitative estimate of drug-likeness (QED) is 0.862. The molecule has 0 fully saturated rings. The van der Waals surface area contributed by atoms with Crippen LogP contribution < -0.4 is 5.32 Å². The predicted molar refractivity (Wildman–Crippen MR) is 82.7 cm³/mol. The zero-order valence-electron chi connectivity index (χ0n) is 12.3. The number of ether oxygens (including phenoxy) is 1. The summed E-state index contributed by atoms with van der Waals surface area (Å²) in [6.07, 6.45) is 1.52. The monoisotopic (exact) mass is 307 g/mol. The lowest BCUT2D eigenvalue weighted by Gasteiger charge is -2.11. The van der Waals surface area contributed by atoms with Crippen molar-refractivity contribution in [1.29, 1.82) is 0 Å². The zero-order valence-corrected chi connectivity index (χ0v) is 13.1. The van der Waals surface area contributed by atoms with E-state index < -0.39 is 0 Å².